The van der Waals surface area contributed by atoms with Crippen LogP contribution in [-0.4, -0.2) is 53.1 Å². The maximum atomic E-state index is 13.5. The number of nitrogens with zero attached hydrogens (tertiary/aromatic N) is 3. The van der Waals surface area contributed by atoms with E-state index in [1.54, 1.807) is 42.6 Å². The van der Waals surface area contributed by atoms with Crippen molar-refractivity contribution in [1.82, 2.24) is 15.0 Å². The molecule has 4 aromatic rings. The molecule has 2 N–H and O–H groups in total. The second-order valence-electron chi connectivity index (χ2n) is 8.87. The lowest BCUT2D eigenvalue weighted by Crippen LogP contribution is -2.30. The van der Waals surface area contributed by atoms with E-state index in [0.29, 0.717) is 39.5 Å². The van der Waals surface area contributed by atoms with Gasteiger partial charge in [-0.15, -0.1) is 0 Å². The molecule has 3 heterocycles. The largest absolute Gasteiger partial charge is 0.507 e. The van der Waals surface area contributed by atoms with E-state index in [-0.39, 0.29) is 17.3 Å². The minimum Gasteiger partial charge on any atom is -0.507 e. The number of rotatable bonds is 6. The smallest absolute Gasteiger partial charge is 0.302 e. The van der Waals surface area contributed by atoms with Gasteiger partial charge in [0.25, 0.3) is 5.78 Å². The minimum atomic E-state index is -1.05. The molecule has 1 unspecified atom stereocenters. The Balaban J connectivity index is 1.75. The number of pyridine rings is 1. The van der Waals surface area contributed by atoms with Gasteiger partial charge >= 0.3 is 5.91 Å². The van der Waals surface area contributed by atoms with Gasteiger partial charge < -0.3 is 24.3 Å². The lowest BCUT2D eigenvalue weighted by molar-refractivity contribution is -0.132. The van der Waals surface area contributed by atoms with E-state index in [0.717, 1.165) is 11.1 Å². The Morgan fingerprint density at radius 3 is 2.39 bits per heavy atom. The predicted octanol–water partition coefficient (Wildman–Crippen LogP) is 4.23. The zero-order chi connectivity index (χ0) is 27.1. The summed E-state index contributed by atoms with van der Waals surface area (Å²) in [5.74, 6) is -0.631. The van der Waals surface area contributed by atoms with Crippen molar-refractivity contribution in [3.8, 4) is 17.2 Å². The number of aliphatic hydroxyl groups is 1. The number of carbonyl (C=O) groups is 2. The van der Waals surface area contributed by atoms with Crippen molar-refractivity contribution in [3.63, 3.8) is 0 Å². The molecule has 0 aliphatic carbocycles. The maximum Gasteiger partial charge on any atom is 0.302 e. The SMILES string of the molecule is COc1cc2nc(N3C(=O)C(=O)/C(=C(/O)c4cc(C)cc(C)c4OC)C3c3ccccn3)[nH]c2cc1OC. The molecule has 1 atom stereocenters. The van der Waals surface area contributed by atoms with Crippen molar-refractivity contribution in [2.75, 3.05) is 26.2 Å². The average molecular weight is 515 g/mol. The van der Waals surface area contributed by atoms with Crippen LogP contribution in [0.1, 0.15) is 28.4 Å². The molecule has 0 bridgehead atoms. The molecule has 1 fully saturated rings. The second-order valence-corrected chi connectivity index (χ2v) is 8.87. The Morgan fingerprint density at radius 1 is 1.00 bits per heavy atom. The normalized spacial score (nSPS) is 16.8. The first-order valence-electron chi connectivity index (χ1n) is 11.8. The molecular formula is C28H26N4O6. The summed E-state index contributed by atoms with van der Waals surface area (Å²) in [6.07, 6.45) is 1.56. The summed E-state index contributed by atoms with van der Waals surface area (Å²) in [6.45, 7) is 3.71. The van der Waals surface area contributed by atoms with Crippen molar-refractivity contribution in [1.29, 1.82) is 0 Å². The zero-order valence-corrected chi connectivity index (χ0v) is 21.5. The standard InChI is InChI=1S/C28H26N4O6/c1-14-10-15(2)26(38-5)16(11-14)24(33)22-23(17-8-6-7-9-29-17)32(27(35)25(22)34)28-30-18-12-20(36-3)21(37-4)13-19(18)31-28/h6-13,23,33H,1-5H3,(H,30,31)/b24-22+. The number of aryl methyl sites for hydroxylation is 2. The van der Waals surface area contributed by atoms with Crippen molar-refractivity contribution in [2.45, 2.75) is 19.9 Å². The molecule has 1 aliphatic rings. The number of hydrogen-bond acceptors (Lipinski definition) is 8. The number of nitrogens with one attached hydrogen (secondary N) is 1. The van der Waals surface area contributed by atoms with Gasteiger partial charge in [0, 0.05) is 18.3 Å². The molecule has 10 heteroatoms. The van der Waals surface area contributed by atoms with E-state index in [4.69, 9.17) is 14.2 Å². The number of Topliss-reactive ketones (excluding diaryl/α,β-unsaturated/α-hetero) is 1. The van der Waals surface area contributed by atoms with Crippen molar-refractivity contribution in [3.05, 3.63) is 76.6 Å². The quantitative estimate of drug-likeness (QED) is 0.222. The van der Waals surface area contributed by atoms with E-state index in [9.17, 15) is 14.7 Å². The summed E-state index contributed by atoms with van der Waals surface area (Å²) in [5.41, 5.74) is 3.26. The fourth-order valence-electron chi connectivity index (χ4n) is 4.85. The van der Waals surface area contributed by atoms with E-state index >= 15 is 0 Å². The number of ether oxygens (including phenoxy) is 3. The number of benzene rings is 2. The first-order chi connectivity index (χ1) is 18.3. The summed E-state index contributed by atoms with van der Waals surface area (Å²) in [6, 6.07) is 11.1. The Morgan fingerprint density at radius 2 is 1.74 bits per heavy atom. The molecule has 2 aromatic heterocycles. The number of ketones is 1. The van der Waals surface area contributed by atoms with Crippen LogP contribution in [0.4, 0.5) is 5.95 Å². The molecule has 0 radical (unpaired) electrons. The Labute approximate surface area is 218 Å². The highest BCUT2D eigenvalue weighted by atomic mass is 16.5. The number of anilines is 1. The molecule has 38 heavy (non-hydrogen) atoms. The van der Waals surface area contributed by atoms with Crippen molar-refractivity contribution in [2.24, 2.45) is 0 Å². The van der Waals surface area contributed by atoms with E-state index in [1.165, 1.54) is 26.2 Å². The molecular weight excluding hydrogens is 488 g/mol. The third-order valence-electron chi connectivity index (χ3n) is 6.49. The predicted molar refractivity (Wildman–Crippen MR) is 141 cm³/mol. The van der Waals surface area contributed by atoms with Gasteiger partial charge in [-0.3, -0.25) is 19.5 Å². The van der Waals surface area contributed by atoms with Gasteiger partial charge in [-0.25, -0.2) is 4.98 Å². The lowest BCUT2D eigenvalue weighted by atomic mass is 9.96. The van der Waals surface area contributed by atoms with Crippen LogP contribution in [-0.2, 0) is 9.59 Å². The Bertz CT molecular complexity index is 1570. The Hall–Kier alpha value is -4.86. The van der Waals surface area contributed by atoms with Crippen LogP contribution in [0.3, 0.4) is 0 Å². The summed E-state index contributed by atoms with van der Waals surface area (Å²) in [4.78, 5) is 40.3. The van der Waals surface area contributed by atoms with Crippen LogP contribution >= 0.6 is 0 Å². The molecule has 1 aliphatic heterocycles. The number of hydrogen-bond donors (Lipinski definition) is 2. The first kappa shape index (κ1) is 24.8. The van der Waals surface area contributed by atoms with Crippen LogP contribution in [0.15, 0.2) is 54.2 Å². The number of fused-ring (bicyclic) bond motifs is 1. The molecule has 5 rings (SSSR count). The van der Waals surface area contributed by atoms with Crippen molar-refractivity contribution < 1.29 is 28.9 Å². The monoisotopic (exact) mass is 514 g/mol. The van der Waals surface area contributed by atoms with Crippen LogP contribution < -0.4 is 19.1 Å². The number of amides is 1. The highest BCUT2D eigenvalue weighted by Gasteiger charge is 2.49. The van der Waals surface area contributed by atoms with E-state index < -0.39 is 17.7 Å². The highest BCUT2D eigenvalue weighted by Crippen LogP contribution is 2.43. The highest BCUT2D eigenvalue weighted by molar-refractivity contribution is 6.51. The molecule has 1 amide bonds. The number of aromatic amines is 1. The van der Waals surface area contributed by atoms with Gasteiger partial charge in [0.2, 0.25) is 5.95 Å². The minimum absolute atomic E-state index is 0.111. The number of aliphatic hydroxyl groups excluding tert-OH is 1. The number of methoxy groups -OCH3 is 3. The van der Waals surface area contributed by atoms with E-state index in [2.05, 4.69) is 15.0 Å². The summed E-state index contributed by atoms with van der Waals surface area (Å²) >= 11 is 0. The average Bonchev–Trinajstić information content (AvgIpc) is 3.44. The number of aromatic nitrogens is 3. The van der Waals surface area contributed by atoms with Gasteiger partial charge in [0.1, 0.15) is 17.6 Å². The van der Waals surface area contributed by atoms with Crippen molar-refractivity contribution >= 4 is 34.4 Å². The first-order valence-corrected chi connectivity index (χ1v) is 11.8. The Kier molecular flexibility index (Phi) is 6.23. The summed E-state index contributed by atoms with van der Waals surface area (Å²) in [7, 11) is 4.51. The topological polar surface area (TPSA) is 127 Å². The van der Waals surface area contributed by atoms with E-state index in [1.807, 2.05) is 19.9 Å². The fourth-order valence-corrected chi connectivity index (χ4v) is 4.85. The zero-order valence-electron chi connectivity index (χ0n) is 21.5. The second kappa shape index (κ2) is 9.55. The lowest BCUT2D eigenvalue weighted by Gasteiger charge is -2.22. The fraction of sp³-hybridized carbons (Fsp3) is 0.214. The summed E-state index contributed by atoms with van der Waals surface area (Å²) in [5, 5.41) is 11.6. The van der Waals surface area contributed by atoms with Crippen LogP contribution in [0.5, 0.6) is 17.2 Å². The van der Waals surface area contributed by atoms with Gasteiger partial charge in [0.15, 0.2) is 11.5 Å². The van der Waals surface area contributed by atoms with Gasteiger partial charge in [0.05, 0.1) is 49.2 Å². The molecule has 1 saturated heterocycles. The third-order valence-corrected chi connectivity index (χ3v) is 6.49. The third kappa shape index (κ3) is 3.90. The molecule has 10 nitrogen and oxygen atoms in total. The van der Waals surface area contributed by atoms with Crippen LogP contribution in [0, 0.1) is 13.8 Å². The summed E-state index contributed by atoms with van der Waals surface area (Å²) < 4.78 is 16.3. The van der Waals surface area contributed by atoms with Gasteiger partial charge in [-0.1, -0.05) is 12.1 Å². The number of H-pyrrole nitrogens is 1. The van der Waals surface area contributed by atoms with Gasteiger partial charge in [-0.2, -0.15) is 0 Å². The molecule has 0 spiro atoms. The molecule has 194 valence electrons. The van der Waals surface area contributed by atoms with Crippen LogP contribution in [0.25, 0.3) is 16.8 Å². The molecule has 2 aromatic carbocycles. The maximum absolute atomic E-state index is 13.5. The van der Waals surface area contributed by atoms with Gasteiger partial charge in [-0.05, 0) is 43.2 Å². The molecule has 0 saturated carbocycles. The number of carbonyl (C=O) groups excluding carboxylic acids is 2. The van der Waals surface area contributed by atoms with Crippen LogP contribution in [0.2, 0.25) is 0 Å². The number of imidazole rings is 1.